The number of benzene rings is 2. The van der Waals surface area contributed by atoms with Crippen LogP contribution in [0.15, 0.2) is 47.3 Å². The van der Waals surface area contributed by atoms with E-state index < -0.39 is 5.97 Å². The first-order chi connectivity index (χ1) is 14.6. The Balaban J connectivity index is 1.51. The number of H-pyrrole nitrogens is 1. The lowest BCUT2D eigenvalue weighted by Gasteiger charge is -2.30. The van der Waals surface area contributed by atoms with Gasteiger partial charge in [0.2, 0.25) is 0 Å². The highest BCUT2D eigenvalue weighted by Gasteiger charge is 2.23. The predicted molar refractivity (Wildman–Crippen MR) is 111 cm³/mol. The zero-order valence-electron chi connectivity index (χ0n) is 16.9. The van der Waals surface area contributed by atoms with Gasteiger partial charge in [0.15, 0.2) is 11.5 Å². The molecule has 4 rings (SSSR count). The van der Waals surface area contributed by atoms with Crippen LogP contribution in [0.1, 0.15) is 23.1 Å². The fraction of sp³-hybridized carbons (Fsp3) is 0.318. The third-order valence-corrected chi connectivity index (χ3v) is 5.03. The largest absolute Gasteiger partial charge is 0.486 e. The third-order valence-electron chi connectivity index (χ3n) is 5.03. The Morgan fingerprint density at radius 3 is 2.83 bits per heavy atom. The van der Waals surface area contributed by atoms with Crippen molar-refractivity contribution in [1.29, 1.82) is 0 Å². The first kappa shape index (κ1) is 19.9. The van der Waals surface area contributed by atoms with Gasteiger partial charge in [-0.2, -0.15) is 0 Å². The second-order valence-corrected chi connectivity index (χ2v) is 7.06. The minimum absolute atomic E-state index is 0.127. The smallest absolute Gasteiger partial charge is 0.337 e. The van der Waals surface area contributed by atoms with Crippen molar-refractivity contribution >= 4 is 16.9 Å². The molecule has 30 heavy (non-hydrogen) atoms. The molecule has 0 amide bonds. The Hall–Kier alpha value is -3.39. The molecule has 0 saturated carbocycles. The van der Waals surface area contributed by atoms with Gasteiger partial charge in [-0.05, 0) is 36.9 Å². The van der Waals surface area contributed by atoms with E-state index in [0.717, 1.165) is 18.0 Å². The van der Waals surface area contributed by atoms with Gasteiger partial charge in [-0.1, -0.05) is 19.1 Å². The normalized spacial score (nSPS) is 15.4. The molecule has 0 spiro atoms. The van der Waals surface area contributed by atoms with Crippen LogP contribution in [0.2, 0.25) is 0 Å². The zero-order chi connectivity index (χ0) is 21.1. The van der Waals surface area contributed by atoms with E-state index in [0.29, 0.717) is 42.0 Å². The van der Waals surface area contributed by atoms with Crippen LogP contribution < -0.4 is 15.0 Å². The minimum atomic E-state index is -0.467. The SMILES string of the molecule is CCN(Cc1nc2cc(C(=O)OC)ccc2c(=O)[nH]1)CC1COc2ccccc2O1. The summed E-state index contributed by atoms with van der Waals surface area (Å²) in [6, 6.07) is 12.3. The number of nitrogens with zero attached hydrogens (tertiary/aromatic N) is 2. The van der Waals surface area contributed by atoms with Crippen LogP contribution in [0.3, 0.4) is 0 Å². The highest BCUT2D eigenvalue weighted by atomic mass is 16.6. The molecule has 8 nitrogen and oxygen atoms in total. The lowest BCUT2D eigenvalue weighted by atomic mass is 10.1. The molecule has 8 heteroatoms. The number of hydrogen-bond donors (Lipinski definition) is 1. The fourth-order valence-electron chi connectivity index (χ4n) is 3.47. The van der Waals surface area contributed by atoms with E-state index in [-0.39, 0.29) is 11.7 Å². The molecule has 1 atom stereocenters. The van der Waals surface area contributed by atoms with Crippen LogP contribution in [0.25, 0.3) is 10.9 Å². The molecule has 0 radical (unpaired) electrons. The van der Waals surface area contributed by atoms with E-state index in [4.69, 9.17) is 14.2 Å². The standard InChI is InChI=1S/C22H23N3O5/c1-3-25(11-15-13-29-18-6-4-5-7-19(18)30-15)12-20-23-17-10-14(22(27)28-2)8-9-16(17)21(26)24-20/h4-10,15H,3,11-13H2,1-2H3,(H,23,24,26). The molecule has 3 aromatic rings. The number of rotatable bonds is 6. The molecule has 1 N–H and O–H groups in total. The first-order valence-electron chi connectivity index (χ1n) is 9.79. The van der Waals surface area contributed by atoms with E-state index >= 15 is 0 Å². The maximum absolute atomic E-state index is 12.5. The van der Waals surface area contributed by atoms with Gasteiger partial charge in [0, 0.05) is 6.54 Å². The van der Waals surface area contributed by atoms with Crippen LogP contribution >= 0.6 is 0 Å². The number of carbonyl (C=O) groups excluding carboxylic acids is 1. The number of aromatic amines is 1. The van der Waals surface area contributed by atoms with Crippen LogP contribution in [-0.4, -0.2) is 53.7 Å². The van der Waals surface area contributed by atoms with Crippen LogP contribution in [0.5, 0.6) is 11.5 Å². The fourth-order valence-corrected chi connectivity index (χ4v) is 3.47. The van der Waals surface area contributed by atoms with Gasteiger partial charge in [-0.3, -0.25) is 9.69 Å². The molecular formula is C22H23N3O5. The van der Waals surface area contributed by atoms with Crippen molar-refractivity contribution < 1.29 is 19.0 Å². The monoisotopic (exact) mass is 409 g/mol. The molecule has 1 unspecified atom stereocenters. The Morgan fingerprint density at radius 1 is 1.27 bits per heavy atom. The number of aromatic nitrogens is 2. The summed E-state index contributed by atoms with van der Waals surface area (Å²) in [4.78, 5) is 33.8. The molecule has 2 heterocycles. The minimum Gasteiger partial charge on any atom is -0.486 e. The molecule has 1 aliphatic heterocycles. The van der Waals surface area contributed by atoms with Crippen molar-refractivity contribution in [3.63, 3.8) is 0 Å². The van der Waals surface area contributed by atoms with Gasteiger partial charge >= 0.3 is 5.97 Å². The van der Waals surface area contributed by atoms with Crippen molar-refractivity contribution in [2.45, 2.75) is 19.6 Å². The van der Waals surface area contributed by atoms with Crippen LogP contribution in [-0.2, 0) is 11.3 Å². The number of nitrogens with one attached hydrogen (secondary N) is 1. The lowest BCUT2D eigenvalue weighted by Crippen LogP contribution is -2.41. The van der Waals surface area contributed by atoms with Crippen molar-refractivity contribution in [3.8, 4) is 11.5 Å². The Kier molecular flexibility index (Phi) is 5.67. The van der Waals surface area contributed by atoms with Crippen molar-refractivity contribution in [3.05, 3.63) is 64.2 Å². The van der Waals surface area contributed by atoms with Crippen molar-refractivity contribution in [1.82, 2.24) is 14.9 Å². The maximum atomic E-state index is 12.5. The van der Waals surface area contributed by atoms with Crippen molar-refractivity contribution in [2.24, 2.45) is 0 Å². The second-order valence-electron chi connectivity index (χ2n) is 7.06. The molecule has 156 valence electrons. The van der Waals surface area contributed by atoms with Gasteiger partial charge < -0.3 is 19.2 Å². The number of carbonyl (C=O) groups is 1. The van der Waals surface area contributed by atoms with E-state index in [1.165, 1.54) is 7.11 Å². The molecule has 0 fully saturated rings. The molecule has 1 aliphatic rings. The quantitative estimate of drug-likeness (QED) is 0.625. The van der Waals surface area contributed by atoms with Crippen molar-refractivity contribution in [2.75, 3.05) is 26.8 Å². The Bertz CT molecular complexity index is 1130. The predicted octanol–water partition coefficient (Wildman–Crippen LogP) is 2.37. The van der Waals surface area contributed by atoms with Gasteiger partial charge in [-0.15, -0.1) is 0 Å². The number of hydrogen-bond acceptors (Lipinski definition) is 7. The maximum Gasteiger partial charge on any atom is 0.337 e. The summed E-state index contributed by atoms with van der Waals surface area (Å²) in [5.41, 5.74) is 0.570. The average Bonchev–Trinajstić information content (AvgIpc) is 2.77. The van der Waals surface area contributed by atoms with E-state index in [2.05, 4.69) is 14.9 Å². The van der Waals surface area contributed by atoms with Gasteiger partial charge in [0.25, 0.3) is 5.56 Å². The van der Waals surface area contributed by atoms with E-state index in [1.54, 1.807) is 18.2 Å². The highest BCUT2D eigenvalue weighted by Crippen LogP contribution is 2.31. The summed E-state index contributed by atoms with van der Waals surface area (Å²) in [6.07, 6.45) is -0.127. The van der Waals surface area contributed by atoms with E-state index in [1.807, 2.05) is 31.2 Å². The topological polar surface area (TPSA) is 93.8 Å². The van der Waals surface area contributed by atoms with E-state index in [9.17, 15) is 9.59 Å². The highest BCUT2D eigenvalue weighted by molar-refractivity contribution is 5.93. The number of methoxy groups -OCH3 is 1. The molecular weight excluding hydrogens is 386 g/mol. The molecule has 2 aromatic carbocycles. The molecule has 0 bridgehead atoms. The summed E-state index contributed by atoms with van der Waals surface area (Å²) in [6.45, 7) is 4.29. The molecule has 0 saturated heterocycles. The number of fused-ring (bicyclic) bond motifs is 2. The first-order valence-corrected chi connectivity index (χ1v) is 9.79. The lowest BCUT2D eigenvalue weighted by molar-refractivity contribution is 0.0573. The summed E-state index contributed by atoms with van der Waals surface area (Å²) in [5, 5.41) is 0.426. The Morgan fingerprint density at radius 2 is 2.07 bits per heavy atom. The summed E-state index contributed by atoms with van der Waals surface area (Å²) >= 11 is 0. The van der Waals surface area contributed by atoms with Gasteiger partial charge in [0.05, 0.1) is 30.1 Å². The summed E-state index contributed by atoms with van der Waals surface area (Å²) in [7, 11) is 1.32. The zero-order valence-corrected chi connectivity index (χ0v) is 16.9. The summed E-state index contributed by atoms with van der Waals surface area (Å²) in [5.74, 6) is 1.54. The second kappa shape index (κ2) is 8.54. The van der Waals surface area contributed by atoms with Crippen LogP contribution in [0, 0.1) is 0 Å². The number of esters is 1. The molecule has 1 aromatic heterocycles. The average molecular weight is 409 g/mol. The Labute approximate surface area is 173 Å². The van der Waals surface area contributed by atoms with Crippen LogP contribution in [0.4, 0.5) is 0 Å². The number of likely N-dealkylation sites (N-methyl/N-ethyl adjacent to an activating group) is 1. The van der Waals surface area contributed by atoms with Gasteiger partial charge in [0.1, 0.15) is 18.5 Å². The molecule has 0 aliphatic carbocycles. The number of ether oxygens (including phenoxy) is 3. The van der Waals surface area contributed by atoms with Gasteiger partial charge in [-0.25, -0.2) is 9.78 Å². The summed E-state index contributed by atoms with van der Waals surface area (Å²) < 4.78 is 16.6. The number of para-hydroxylation sites is 2. The third kappa shape index (κ3) is 4.13.